The summed E-state index contributed by atoms with van der Waals surface area (Å²) in [4.78, 5) is 1.57. The fraction of sp³-hybridized carbons (Fsp3) is 0.250. The normalized spacial score (nSPS) is 11.1. The third-order valence-corrected chi connectivity index (χ3v) is 3.88. The van der Waals surface area contributed by atoms with Crippen LogP contribution in [0, 0.1) is 11.6 Å². The molecule has 1 N–H and O–H groups in total. The van der Waals surface area contributed by atoms with E-state index >= 15 is 0 Å². The average Bonchev–Trinajstić information content (AvgIpc) is 2.38. The highest BCUT2D eigenvalue weighted by atomic mass is 32.2. The van der Waals surface area contributed by atoms with Crippen molar-refractivity contribution in [1.29, 1.82) is 0 Å². The first-order valence-electron chi connectivity index (χ1n) is 6.50. The molecule has 0 amide bonds. The van der Waals surface area contributed by atoms with Gasteiger partial charge in [0.1, 0.15) is 11.6 Å². The van der Waals surface area contributed by atoms with Gasteiger partial charge in [0.25, 0.3) is 0 Å². The molecule has 0 saturated heterocycles. The summed E-state index contributed by atoms with van der Waals surface area (Å²) < 4.78 is 27.2. The fourth-order valence-electron chi connectivity index (χ4n) is 1.77. The van der Waals surface area contributed by atoms with E-state index < -0.39 is 0 Å². The first kappa shape index (κ1) is 15.0. The maximum absolute atomic E-state index is 14.0. The Hall–Kier alpha value is -1.39. The van der Waals surface area contributed by atoms with Crippen molar-refractivity contribution >= 4 is 11.8 Å². The number of nitrogens with one attached hydrogen (secondary N) is 1. The zero-order valence-electron chi connectivity index (χ0n) is 11.5. The predicted molar refractivity (Wildman–Crippen MR) is 78.9 cm³/mol. The lowest BCUT2D eigenvalue weighted by atomic mass is 10.2. The van der Waals surface area contributed by atoms with Crippen molar-refractivity contribution in [2.45, 2.75) is 36.2 Å². The molecule has 0 radical (unpaired) electrons. The highest BCUT2D eigenvalue weighted by Gasteiger charge is 2.10. The minimum atomic E-state index is -0.284. The van der Waals surface area contributed by atoms with Gasteiger partial charge in [0.05, 0.1) is 0 Å². The van der Waals surface area contributed by atoms with Crippen molar-refractivity contribution < 1.29 is 8.78 Å². The van der Waals surface area contributed by atoms with E-state index in [2.05, 4.69) is 5.32 Å². The lowest BCUT2D eigenvalue weighted by molar-refractivity contribution is 0.546. The molecule has 0 aliphatic heterocycles. The Kier molecular flexibility index (Phi) is 5.15. The lowest BCUT2D eigenvalue weighted by Crippen LogP contribution is -2.22. The molecule has 20 heavy (non-hydrogen) atoms. The Morgan fingerprint density at radius 2 is 1.85 bits per heavy atom. The SMILES string of the molecule is CC(C)NCc1c(F)cccc1Sc1cccc(F)c1. The molecule has 0 saturated carbocycles. The quantitative estimate of drug-likeness (QED) is 0.863. The van der Waals surface area contributed by atoms with Gasteiger partial charge in [-0.1, -0.05) is 37.7 Å². The maximum Gasteiger partial charge on any atom is 0.128 e. The Labute approximate surface area is 122 Å². The second kappa shape index (κ2) is 6.86. The molecule has 4 heteroatoms. The molecule has 0 fully saturated rings. The second-order valence-electron chi connectivity index (χ2n) is 4.81. The van der Waals surface area contributed by atoms with Crippen LogP contribution in [0.4, 0.5) is 8.78 Å². The molecule has 2 aromatic rings. The van der Waals surface area contributed by atoms with Gasteiger partial charge in [-0.2, -0.15) is 0 Å². The number of hydrogen-bond donors (Lipinski definition) is 1. The smallest absolute Gasteiger partial charge is 0.128 e. The minimum Gasteiger partial charge on any atom is -0.310 e. The van der Waals surface area contributed by atoms with E-state index in [0.29, 0.717) is 12.1 Å². The van der Waals surface area contributed by atoms with Crippen molar-refractivity contribution in [1.82, 2.24) is 5.32 Å². The molecule has 2 rings (SSSR count). The van der Waals surface area contributed by atoms with Gasteiger partial charge in [-0.05, 0) is 30.3 Å². The van der Waals surface area contributed by atoms with E-state index in [1.807, 2.05) is 26.0 Å². The third kappa shape index (κ3) is 4.05. The van der Waals surface area contributed by atoms with Crippen LogP contribution in [0.2, 0.25) is 0 Å². The molecular formula is C16H17F2NS. The van der Waals surface area contributed by atoms with Crippen molar-refractivity contribution in [3.63, 3.8) is 0 Å². The topological polar surface area (TPSA) is 12.0 Å². The molecule has 0 heterocycles. The fourth-order valence-corrected chi connectivity index (χ4v) is 2.78. The Balaban J connectivity index is 2.24. The van der Waals surface area contributed by atoms with Crippen molar-refractivity contribution in [3.8, 4) is 0 Å². The summed E-state index contributed by atoms with van der Waals surface area (Å²) in [6.07, 6.45) is 0. The third-order valence-electron chi connectivity index (χ3n) is 2.79. The highest BCUT2D eigenvalue weighted by molar-refractivity contribution is 7.99. The number of hydrogen-bond acceptors (Lipinski definition) is 2. The summed E-state index contributed by atoms with van der Waals surface area (Å²) in [6, 6.07) is 11.6. The van der Waals surface area contributed by atoms with Gasteiger partial charge in [-0.25, -0.2) is 8.78 Å². The van der Waals surface area contributed by atoms with Crippen LogP contribution in [-0.2, 0) is 6.54 Å². The van der Waals surface area contributed by atoms with Crippen molar-refractivity contribution in [3.05, 3.63) is 59.7 Å². The number of benzene rings is 2. The molecule has 0 bridgehead atoms. The van der Waals surface area contributed by atoms with Crippen LogP contribution in [0.15, 0.2) is 52.3 Å². The van der Waals surface area contributed by atoms with Gasteiger partial charge in [0, 0.05) is 27.9 Å². The molecule has 0 spiro atoms. The standard InChI is InChI=1S/C16H17F2NS/c1-11(2)19-10-14-15(18)7-4-8-16(14)20-13-6-3-5-12(17)9-13/h3-9,11,19H,10H2,1-2H3. The van der Waals surface area contributed by atoms with Gasteiger partial charge in [-0.15, -0.1) is 0 Å². The molecule has 0 aliphatic rings. The van der Waals surface area contributed by atoms with Crippen LogP contribution in [0.5, 0.6) is 0 Å². The van der Waals surface area contributed by atoms with Crippen LogP contribution in [0.25, 0.3) is 0 Å². The molecule has 2 aromatic carbocycles. The first-order valence-corrected chi connectivity index (χ1v) is 7.32. The summed E-state index contributed by atoms with van der Waals surface area (Å²) in [6.45, 7) is 4.49. The summed E-state index contributed by atoms with van der Waals surface area (Å²) in [5, 5.41) is 3.21. The average molecular weight is 293 g/mol. The van der Waals surface area contributed by atoms with E-state index in [1.54, 1.807) is 12.1 Å². The van der Waals surface area contributed by atoms with E-state index in [4.69, 9.17) is 0 Å². The Bertz CT molecular complexity index is 584. The van der Waals surface area contributed by atoms with Crippen LogP contribution >= 0.6 is 11.8 Å². The summed E-state index contributed by atoms with van der Waals surface area (Å²) >= 11 is 1.37. The summed E-state index contributed by atoms with van der Waals surface area (Å²) in [5.41, 5.74) is 0.621. The summed E-state index contributed by atoms with van der Waals surface area (Å²) in [7, 11) is 0. The maximum atomic E-state index is 14.0. The molecule has 0 atom stereocenters. The Morgan fingerprint density at radius 1 is 1.10 bits per heavy atom. The van der Waals surface area contributed by atoms with Crippen LogP contribution in [0.3, 0.4) is 0 Å². The van der Waals surface area contributed by atoms with Gasteiger partial charge in [0.15, 0.2) is 0 Å². The van der Waals surface area contributed by atoms with Crippen LogP contribution in [0.1, 0.15) is 19.4 Å². The van der Waals surface area contributed by atoms with Crippen LogP contribution < -0.4 is 5.32 Å². The Morgan fingerprint density at radius 3 is 2.55 bits per heavy atom. The van der Waals surface area contributed by atoms with Gasteiger partial charge in [-0.3, -0.25) is 0 Å². The molecule has 1 nitrogen and oxygen atoms in total. The monoisotopic (exact) mass is 293 g/mol. The number of halogens is 2. The largest absolute Gasteiger partial charge is 0.310 e. The van der Waals surface area contributed by atoms with Crippen molar-refractivity contribution in [2.24, 2.45) is 0 Å². The van der Waals surface area contributed by atoms with Gasteiger partial charge < -0.3 is 5.32 Å². The first-order chi connectivity index (χ1) is 9.56. The van der Waals surface area contributed by atoms with E-state index in [0.717, 1.165) is 9.79 Å². The molecule has 0 unspecified atom stereocenters. The molecule has 0 aromatic heterocycles. The number of rotatable bonds is 5. The summed E-state index contributed by atoms with van der Waals surface area (Å²) in [5.74, 6) is -0.521. The highest BCUT2D eigenvalue weighted by Crippen LogP contribution is 2.32. The van der Waals surface area contributed by atoms with Gasteiger partial charge >= 0.3 is 0 Å². The van der Waals surface area contributed by atoms with Gasteiger partial charge in [0.2, 0.25) is 0 Å². The molecule has 106 valence electrons. The van der Waals surface area contributed by atoms with E-state index in [1.165, 1.54) is 30.0 Å². The molecular weight excluding hydrogens is 276 g/mol. The van der Waals surface area contributed by atoms with E-state index in [-0.39, 0.29) is 17.7 Å². The van der Waals surface area contributed by atoms with Crippen molar-refractivity contribution in [2.75, 3.05) is 0 Å². The second-order valence-corrected chi connectivity index (χ2v) is 5.93. The molecule has 0 aliphatic carbocycles. The lowest BCUT2D eigenvalue weighted by Gasteiger charge is -2.13. The zero-order chi connectivity index (χ0) is 14.5. The zero-order valence-corrected chi connectivity index (χ0v) is 12.3. The minimum absolute atomic E-state index is 0.237. The van der Waals surface area contributed by atoms with E-state index in [9.17, 15) is 8.78 Å². The predicted octanol–water partition coefficient (Wildman–Crippen LogP) is 4.61. The van der Waals surface area contributed by atoms with Crippen LogP contribution in [-0.4, -0.2) is 6.04 Å².